The Labute approximate surface area is 143 Å². The second-order valence-electron chi connectivity index (χ2n) is 6.17. The average Bonchev–Trinajstić information content (AvgIpc) is 3.09. The number of anilines is 1. The van der Waals surface area contributed by atoms with Crippen molar-refractivity contribution in [3.05, 3.63) is 36.5 Å². The lowest BCUT2D eigenvalue weighted by Gasteiger charge is -2.16. The number of amides is 3. The molecule has 1 saturated heterocycles. The van der Waals surface area contributed by atoms with E-state index in [-0.39, 0.29) is 18.6 Å². The van der Waals surface area contributed by atoms with Gasteiger partial charge in [-0.15, -0.1) is 0 Å². The molecule has 2 aliphatic rings. The highest BCUT2D eigenvalue weighted by molar-refractivity contribution is 6.23. The molecule has 4 rings (SSSR count). The molecule has 0 radical (unpaired) electrons. The maximum absolute atomic E-state index is 12.4. The normalized spacial score (nSPS) is 17.6. The molecule has 1 fully saturated rings. The molecule has 0 unspecified atom stereocenters. The molecule has 25 heavy (non-hydrogen) atoms. The van der Waals surface area contributed by atoms with Gasteiger partial charge in [-0.25, -0.2) is 14.7 Å². The molecule has 2 aromatic rings. The second kappa shape index (κ2) is 5.37. The van der Waals surface area contributed by atoms with Crippen LogP contribution in [0.2, 0.25) is 0 Å². The van der Waals surface area contributed by atoms with Crippen molar-refractivity contribution in [3.8, 4) is 23.1 Å². The van der Waals surface area contributed by atoms with Crippen molar-refractivity contribution in [3.63, 3.8) is 0 Å². The maximum Gasteiger partial charge on any atom is 0.329 e. The first-order chi connectivity index (χ1) is 11.9. The zero-order valence-electron chi connectivity index (χ0n) is 13.6. The lowest BCUT2D eigenvalue weighted by molar-refractivity contribution is -0.121. The first-order valence-corrected chi connectivity index (χ1v) is 7.64. The first-order valence-electron chi connectivity index (χ1n) is 7.64. The van der Waals surface area contributed by atoms with Crippen molar-refractivity contribution in [2.75, 3.05) is 11.7 Å². The summed E-state index contributed by atoms with van der Waals surface area (Å²) < 4.78 is 16.3. The summed E-state index contributed by atoms with van der Waals surface area (Å²) in [6.07, 6.45) is 1.48. The molecule has 0 bridgehead atoms. The molecule has 0 saturated carbocycles. The van der Waals surface area contributed by atoms with Gasteiger partial charge in [-0.2, -0.15) is 0 Å². The molecular weight excluding hydrogens is 326 g/mol. The minimum atomic E-state index is -0.946. The number of aromatic nitrogens is 1. The second-order valence-corrected chi connectivity index (χ2v) is 6.17. The van der Waals surface area contributed by atoms with Gasteiger partial charge in [-0.3, -0.25) is 4.79 Å². The Bertz CT molecular complexity index is 880. The molecule has 2 aliphatic heterocycles. The Morgan fingerprint density at radius 2 is 1.96 bits per heavy atom. The Morgan fingerprint density at radius 3 is 2.72 bits per heavy atom. The summed E-state index contributed by atoms with van der Waals surface area (Å²) in [4.78, 5) is 29.7. The summed E-state index contributed by atoms with van der Waals surface area (Å²) >= 11 is 0. The number of carbonyl (C=O) groups excluding carboxylic acids is 2. The molecule has 1 aromatic carbocycles. The third-order valence-electron chi connectivity index (χ3n) is 3.90. The molecule has 0 spiro atoms. The van der Waals surface area contributed by atoms with E-state index < -0.39 is 11.6 Å². The number of rotatable bonds is 3. The van der Waals surface area contributed by atoms with Gasteiger partial charge in [0.2, 0.25) is 12.7 Å². The Morgan fingerprint density at radius 1 is 1.16 bits per heavy atom. The standard InChI is InChI=1S/C17H15N3O5/c1-17(2)15(21)20(16(22)19-17)10-5-6-18-14(7-10)25-11-3-4-12-13(8-11)24-9-23-12/h3-8H,9H2,1-2H3,(H,19,22). The highest BCUT2D eigenvalue weighted by Gasteiger charge is 2.45. The van der Waals surface area contributed by atoms with Gasteiger partial charge in [-0.05, 0) is 32.0 Å². The predicted molar refractivity (Wildman–Crippen MR) is 87.0 cm³/mol. The van der Waals surface area contributed by atoms with Crippen LogP contribution in [0.4, 0.5) is 10.5 Å². The molecule has 3 amide bonds. The first kappa shape index (κ1) is 15.3. The van der Waals surface area contributed by atoms with Crippen molar-refractivity contribution in [2.24, 2.45) is 0 Å². The van der Waals surface area contributed by atoms with Gasteiger partial charge in [-0.1, -0.05) is 0 Å². The van der Waals surface area contributed by atoms with Crippen LogP contribution in [-0.2, 0) is 4.79 Å². The van der Waals surface area contributed by atoms with Gasteiger partial charge in [0.15, 0.2) is 11.5 Å². The van der Waals surface area contributed by atoms with Crippen LogP contribution in [0.3, 0.4) is 0 Å². The largest absolute Gasteiger partial charge is 0.454 e. The van der Waals surface area contributed by atoms with Crippen LogP contribution in [0.5, 0.6) is 23.1 Å². The SMILES string of the molecule is CC1(C)NC(=O)N(c2ccnc(Oc3ccc4c(c3)OCO4)c2)C1=O. The van der Waals surface area contributed by atoms with Crippen LogP contribution in [0.25, 0.3) is 0 Å². The monoisotopic (exact) mass is 341 g/mol. The van der Waals surface area contributed by atoms with Gasteiger partial charge in [0.05, 0.1) is 5.69 Å². The number of nitrogens with zero attached hydrogens (tertiary/aromatic N) is 2. The summed E-state index contributed by atoms with van der Waals surface area (Å²) in [5, 5.41) is 2.63. The number of ether oxygens (including phenoxy) is 3. The van der Waals surface area contributed by atoms with E-state index in [2.05, 4.69) is 10.3 Å². The van der Waals surface area contributed by atoms with E-state index in [0.29, 0.717) is 22.9 Å². The van der Waals surface area contributed by atoms with Crippen LogP contribution in [0.15, 0.2) is 36.5 Å². The molecule has 1 N–H and O–H groups in total. The summed E-state index contributed by atoms with van der Waals surface area (Å²) in [5.41, 5.74) is -0.558. The Balaban J connectivity index is 1.60. The zero-order chi connectivity index (χ0) is 17.6. The predicted octanol–water partition coefficient (Wildman–Crippen LogP) is 2.44. The Hall–Kier alpha value is -3.29. The molecule has 128 valence electrons. The van der Waals surface area contributed by atoms with Crippen molar-refractivity contribution in [1.82, 2.24) is 10.3 Å². The number of urea groups is 1. The van der Waals surface area contributed by atoms with Crippen LogP contribution < -0.4 is 24.4 Å². The van der Waals surface area contributed by atoms with E-state index in [9.17, 15) is 9.59 Å². The van der Waals surface area contributed by atoms with Gasteiger partial charge in [0, 0.05) is 18.3 Å². The van der Waals surface area contributed by atoms with Crippen LogP contribution in [0, 0.1) is 0 Å². The van der Waals surface area contributed by atoms with E-state index in [1.165, 1.54) is 12.3 Å². The number of imide groups is 1. The maximum atomic E-state index is 12.4. The van der Waals surface area contributed by atoms with Crippen molar-refractivity contribution in [2.45, 2.75) is 19.4 Å². The summed E-state index contributed by atoms with van der Waals surface area (Å²) in [6, 6.07) is 7.78. The average molecular weight is 341 g/mol. The molecule has 0 aliphatic carbocycles. The van der Waals surface area contributed by atoms with Crippen molar-refractivity contribution < 1.29 is 23.8 Å². The third-order valence-corrected chi connectivity index (χ3v) is 3.90. The number of benzene rings is 1. The van der Waals surface area contributed by atoms with Crippen molar-refractivity contribution >= 4 is 17.6 Å². The quantitative estimate of drug-likeness (QED) is 0.863. The summed E-state index contributed by atoms with van der Waals surface area (Å²) in [5.74, 6) is 1.66. The molecule has 0 atom stereocenters. The third kappa shape index (κ3) is 2.61. The van der Waals surface area contributed by atoms with E-state index in [0.717, 1.165) is 4.90 Å². The fourth-order valence-corrected chi connectivity index (χ4v) is 2.64. The highest BCUT2D eigenvalue weighted by atomic mass is 16.7. The minimum Gasteiger partial charge on any atom is -0.454 e. The van der Waals surface area contributed by atoms with E-state index >= 15 is 0 Å². The molecular formula is C17H15N3O5. The number of hydrogen-bond acceptors (Lipinski definition) is 6. The Kier molecular flexibility index (Phi) is 3.28. The number of hydrogen-bond donors (Lipinski definition) is 1. The van der Waals surface area contributed by atoms with E-state index in [1.807, 2.05) is 0 Å². The number of nitrogens with one attached hydrogen (secondary N) is 1. The van der Waals surface area contributed by atoms with Crippen LogP contribution >= 0.6 is 0 Å². The van der Waals surface area contributed by atoms with Crippen molar-refractivity contribution in [1.29, 1.82) is 0 Å². The molecule has 8 heteroatoms. The number of pyridine rings is 1. The lowest BCUT2D eigenvalue weighted by Crippen LogP contribution is -2.40. The fourth-order valence-electron chi connectivity index (χ4n) is 2.64. The fraction of sp³-hybridized carbons (Fsp3) is 0.235. The van der Waals surface area contributed by atoms with Gasteiger partial charge >= 0.3 is 6.03 Å². The van der Waals surface area contributed by atoms with Gasteiger partial charge in [0.1, 0.15) is 11.3 Å². The smallest absolute Gasteiger partial charge is 0.329 e. The van der Waals surface area contributed by atoms with Crippen LogP contribution in [-0.4, -0.2) is 29.3 Å². The van der Waals surface area contributed by atoms with E-state index in [1.54, 1.807) is 38.1 Å². The zero-order valence-corrected chi connectivity index (χ0v) is 13.6. The highest BCUT2D eigenvalue weighted by Crippen LogP contribution is 2.36. The molecule has 1 aromatic heterocycles. The number of carbonyl (C=O) groups is 2. The topological polar surface area (TPSA) is 90.0 Å². The lowest BCUT2D eigenvalue weighted by atomic mass is 10.1. The van der Waals surface area contributed by atoms with Gasteiger partial charge in [0.25, 0.3) is 5.91 Å². The molecule has 3 heterocycles. The summed E-state index contributed by atoms with van der Waals surface area (Å²) in [6.45, 7) is 3.48. The van der Waals surface area contributed by atoms with Gasteiger partial charge < -0.3 is 19.5 Å². The van der Waals surface area contributed by atoms with Crippen LogP contribution in [0.1, 0.15) is 13.8 Å². The molecule has 8 nitrogen and oxygen atoms in total. The minimum absolute atomic E-state index is 0.175. The van der Waals surface area contributed by atoms with E-state index in [4.69, 9.17) is 14.2 Å². The number of fused-ring (bicyclic) bond motifs is 1. The summed E-state index contributed by atoms with van der Waals surface area (Å²) in [7, 11) is 0.